The van der Waals surface area contributed by atoms with E-state index in [1.807, 2.05) is 18.7 Å². The molecule has 2 heterocycles. The molecule has 0 unspecified atom stereocenters. The molecule has 3 rings (SSSR count). The first-order valence-electron chi connectivity index (χ1n) is 8.91. The van der Waals surface area contributed by atoms with Gasteiger partial charge in [-0.15, -0.1) is 0 Å². The molecule has 3 aliphatic rings. The number of urea groups is 1. The van der Waals surface area contributed by atoms with Crippen molar-refractivity contribution in [3.63, 3.8) is 0 Å². The van der Waals surface area contributed by atoms with Gasteiger partial charge in [0.2, 0.25) is 0 Å². The van der Waals surface area contributed by atoms with E-state index in [1.54, 1.807) is 0 Å². The first kappa shape index (κ1) is 16.1. The third-order valence-corrected chi connectivity index (χ3v) is 5.29. The van der Waals surface area contributed by atoms with E-state index in [9.17, 15) is 4.79 Å². The Morgan fingerprint density at radius 3 is 2.50 bits per heavy atom. The zero-order valence-electron chi connectivity index (χ0n) is 14.0. The molecule has 2 amide bonds. The lowest BCUT2D eigenvalue weighted by molar-refractivity contribution is -0.108. The summed E-state index contributed by atoms with van der Waals surface area (Å²) in [7, 11) is 0. The molecule has 3 fully saturated rings. The van der Waals surface area contributed by atoms with Crippen LogP contribution in [0.25, 0.3) is 0 Å². The molecule has 0 aromatic carbocycles. The minimum Gasteiger partial charge on any atom is -0.375 e. The normalized spacial score (nSPS) is 35.4. The van der Waals surface area contributed by atoms with Gasteiger partial charge in [-0.3, -0.25) is 0 Å². The second-order valence-corrected chi connectivity index (χ2v) is 7.39. The van der Waals surface area contributed by atoms with Crippen molar-refractivity contribution in [2.24, 2.45) is 0 Å². The van der Waals surface area contributed by atoms with Gasteiger partial charge in [-0.2, -0.15) is 0 Å². The van der Waals surface area contributed by atoms with E-state index in [0.29, 0.717) is 13.1 Å². The number of amides is 2. The van der Waals surface area contributed by atoms with Gasteiger partial charge in [0.15, 0.2) is 0 Å². The molecule has 1 N–H and O–H groups in total. The van der Waals surface area contributed by atoms with Gasteiger partial charge in [-0.25, -0.2) is 4.79 Å². The third-order valence-electron chi connectivity index (χ3n) is 5.29. The Hall–Kier alpha value is -0.810. The van der Waals surface area contributed by atoms with Gasteiger partial charge < -0.3 is 19.7 Å². The quantitative estimate of drug-likeness (QED) is 0.810. The van der Waals surface area contributed by atoms with Crippen molar-refractivity contribution in [3.8, 4) is 0 Å². The van der Waals surface area contributed by atoms with Gasteiger partial charge >= 0.3 is 6.03 Å². The SMILES string of the molecule is C[C@@H]1CN(C(=O)N[C@@H]2CCOC3(CCCCC3)C2)C[C@@H](C)O1. The zero-order valence-corrected chi connectivity index (χ0v) is 14.0. The van der Waals surface area contributed by atoms with Crippen molar-refractivity contribution in [3.05, 3.63) is 0 Å². The molecule has 2 aliphatic heterocycles. The minimum atomic E-state index is 0.0417. The summed E-state index contributed by atoms with van der Waals surface area (Å²) in [4.78, 5) is 14.5. The minimum absolute atomic E-state index is 0.0417. The first-order chi connectivity index (χ1) is 10.6. The summed E-state index contributed by atoms with van der Waals surface area (Å²) in [6, 6.07) is 0.327. The molecular formula is C17H30N2O3. The number of hydrogen-bond donors (Lipinski definition) is 1. The zero-order chi connectivity index (χ0) is 15.6. The van der Waals surface area contributed by atoms with Crippen LogP contribution in [-0.2, 0) is 9.47 Å². The predicted octanol–water partition coefficient (Wildman–Crippen LogP) is 2.69. The molecule has 5 heteroatoms. The van der Waals surface area contributed by atoms with Crippen molar-refractivity contribution in [2.45, 2.75) is 82.6 Å². The Balaban J connectivity index is 1.54. The average molecular weight is 310 g/mol. The number of nitrogens with one attached hydrogen (secondary N) is 1. The summed E-state index contributed by atoms with van der Waals surface area (Å²) in [5, 5.41) is 3.25. The van der Waals surface area contributed by atoms with Crippen molar-refractivity contribution >= 4 is 6.03 Å². The molecule has 126 valence electrons. The monoisotopic (exact) mass is 310 g/mol. The lowest BCUT2D eigenvalue weighted by atomic mass is 9.78. The highest BCUT2D eigenvalue weighted by molar-refractivity contribution is 5.74. The molecule has 0 radical (unpaired) electrons. The fourth-order valence-electron chi connectivity index (χ4n) is 4.31. The van der Waals surface area contributed by atoms with Crippen LogP contribution in [0.3, 0.4) is 0 Å². The van der Waals surface area contributed by atoms with Crippen LogP contribution in [0.4, 0.5) is 4.79 Å². The molecule has 22 heavy (non-hydrogen) atoms. The molecule has 5 nitrogen and oxygen atoms in total. The molecule has 0 bridgehead atoms. The molecule has 0 aromatic heterocycles. The van der Waals surface area contributed by atoms with E-state index >= 15 is 0 Å². The molecule has 2 saturated heterocycles. The Bertz CT molecular complexity index is 380. The van der Waals surface area contributed by atoms with Crippen molar-refractivity contribution in [1.29, 1.82) is 0 Å². The van der Waals surface area contributed by atoms with E-state index in [1.165, 1.54) is 19.3 Å². The van der Waals surface area contributed by atoms with Crippen molar-refractivity contribution in [1.82, 2.24) is 10.2 Å². The van der Waals surface area contributed by atoms with Gasteiger partial charge in [0.1, 0.15) is 0 Å². The number of ether oxygens (including phenoxy) is 2. The maximum absolute atomic E-state index is 12.5. The predicted molar refractivity (Wildman–Crippen MR) is 84.9 cm³/mol. The van der Waals surface area contributed by atoms with Crippen LogP contribution in [0.15, 0.2) is 0 Å². The number of carbonyl (C=O) groups is 1. The van der Waals surface area contributed by atoms with Gasteiger partial charge in [0, 0.05) is 25.7 Å². The molecule has 1 aliphatic carbocycles. The van der Waals surface area contributed by atoms with Crippen LogP contribution in [0.2, 0.25) is 0 Å². The van der Waals surface area contributed by atoms with Crippen molar-refractivity contribution < 1.29 is 14.3 Å². The molecule has 3 atom stereocenters. The Morgan fingerprint density at radius 1 is 1.14 bits per heavy atom. The summed E-state index contributed by atoms with van der Waals surface area (Å²) in [5.74, 6) is 0. The summed E-state index contributed by atoms with van der Waals surface area (Å²) in [6.07, 6.45) is 8.32. The number of morpholine rings is 1. The van der Waals surface area contributed by atoms with Gasteiger partial charge in [-0.05, 0) is 39.5 Å². The Morgan fingerprint density at radius 2 is 1.82 bits per heavy atom. The van der Waals surface area contributed by atoms with Crippen LogP contribution in [0.1, 0.15) is 58.8 Å². The Labute approximate surface area is 133 Å². The molecule has 0 aromatic rings. The smallest absolute Gasteiger partial charge is 0.317 e. The third kappa shape index (κ3) is 3.74. The summed E-state index contributed by atoms with van der Waals surface area (Å²) in [5.41, 5.74) is 0.0417. The molecular weight excluding hydrogens is 280 g/mol. The van der Waals surface area contributed by atoms with Gasteiger partial charge in [0.05, 0.1) is 17.8 Å². The molecule has 1 spiro atoms. The first-order valence-corrected chi connectivity index (χ1v) is 8.91. The van der Waals surface area contributed by atoms with Gasteiger partial charge in [-0.1, -0.05) is 19.3 Å². The van der Waals surface area contributed by atoms with E-state index in [0.717, 1.165) is 32.3 Å². The summed E-state index contributed by atoms with van der Waals surface area (Å²) in [6.45, 7) is 6.21. The average Bonchev–Trinajstić information content (AvgIpc) is 2.47. The second-order valence-electron chi connectivity index (χ2n) is 7.39. The Kier molecular flexibility index (Phi) is 4.93. The lowest BCUT2D eigenvalue weighted by Gasteiger charge is -2.44. The second kappa shape index (κ2) is 6.75. The van der Waals surface area contributed by atoms with Crippen LogP contribution in [0.5, 0.6) is 0 Å². The highest BCUT2D eigenvalue weighted by Gasteiger charge is 2.39. The van der Waals surface area contributed by atoms with E-state index in [2.05, 4.69) is 5.32 Å². The standard InChI is InChI=1S/C17H30N2O3/c1-13-11-19(12-14(2)22-13)16(20)18-15-6-9-21-17(10-15)7-4-3-5-8-17/h13-15H,3-12H2,1-2H3,(H,18,20)/t13-,14-,15-/m1/s1. The topological polar surface area (TPSA) is 50.8 Å². The number of nitrogens with zero attached hydrogens (tertiary/aromatic N) is 1. The van der Waals surface area contributed by atoms with Crippen molar-refractivity contribution in [2.75, 3.05) is 19.7 Å². The maximum Gasteiger partial charge on any atom is 0.317 e. The maximum atomic E-state index is 12.5. The van der Waals surface area contributed by atoms with Crippen LogP contribution in [-0.4, -0.2) is 54.5 Å². The van der Waals surface area contributed by atoms with E-state index < -0.39 is 0 Å². The largest absolute Gasteiger partial charge is 0.375 e. The highest BCUT2D eigenvalue weighted by atomic mass is 16.5. The van der Waals surface area contributed by atoms with Crippen LogP contribution >= 0.6 is 0 Å². The van der Waals surface area contributed by atoms with Gasteiger partial charge in [0.25, 0.3) is 0 Å². The van der Waals surface area contributed by atoms with Crippen LogP contribution < -0.4 is 5.32 Å². The number of carbonyl (C=O) groups excluding carboxylic acids is 1. The fourth-order valence-corrected chi connectivity index (χ4v) is 4.31. The summed E-state index contributed by atoms with van der Waals surface area (Å²) >= 11 is 0. The number of rotatable bonds is 1. The lowest BCUT2D eigenvalue weighted by Crippen LogP contribution is -2.56. The van der Waals surface area contributed by atoms with E-state index in [4.69, 9.17) is 9.47 Å². The molecule has 1 saturated carbocycles. The van der Waals surface area contributed by atoms with E-state index in [-0.39, 0.29) is 29.9 Å². The highest BCUT2D eigenvalue weighted by Crippen LogP contribution is 2.38. The fraction of sp³-hybridized carbons (Fsp3) is 0.941. The number of hydrogen-bond acceptors (Lipinski definition) is 3. The van der Waals surface area contributed by atoms with Crippen LogP contribution in [0, 0.1) is 0 Å². The summed E-state index contributed by atoms with van der Waals surface area (Å²) < 4.78 is 11.8.